The van der Waals surface area contributed by atoms with Gasteiger partial charge in [-0.3, -0.25) is 0 Å². The topological polar surface area (TPSA) is 79.4 Å². The number of nitrogens with one attached hydrogen (secondary N) is 2. The maximum Gasteiger partial charge on any atom is 0.319 e. The lowest BCUT2D eigenvalue weighted by atomic mass is 10.2. The minimum atomic E-state index is -0.258. The largest absolute Gasteiger partial charge is 0.494 e. The monoisotopic (exact) mass is 357 g/mol. The molecule has 0 fully saturated rings. The van der Waals surface area contributed by atoms with Crippen molar-refractivity contribution in [1.29, 1.82) is 0 Å². The number of amides is 2. The predicted octanol–water partition coefficient (Wildman–Crippen LogP) is 3.01. The number of ether oxygens (including phenoxy) is 1. The SMILES string of the molecule is CCOc1cccc(-c2ncc(NC(=O)NCCN(CC)CC)cn2)c1. The van der Waals surface area contributed by atoms with Gasteiger partial charge >= 0.3 is 6.03 Å². The van der Waals surface area contributed by atoms with Crippen LogP contribution in [0.1, 0.15) is 20.8 Å². The predicted molar refractivity (Wildman–Crippen MR) is 103 cm³/mol. The standard InChI is InChI=1S/C19H27N5O2/c1-4-24(5-2)11-10-20-19(25)23-16-13-21-18(22-14-16)15-8-7-9-17(12-15)26-6-3/h7-9,12-14H,4-6,10-11H2,1-3H3,(H2,20,23,25). The maximum atomic E-state index is 11.9. The fourth-order valence-electron chi connectivity index (χ4n) is 2.48. The van der Waals surface area contributed by atoms with Crippen LogP contribution in [0.3, 0.4) is 0 Å². The fourth-order valence-corrected chi connectivity index (χ4v) is 2.48. The first-order valence-corrected chi connectivity index (χ1v) is 8.98. The van der Waals surface area contributed by atoms with Crippen LogP contribution in [0.25, 0.3) is 11.4 Å². The smallest absolute Gasteiger partial charge is 0.319 e. The third kappa shape index (κ3) is 6.00. The molecule has 2 N–H and O–H groups in total. The molecule has 1 heterocycles. The highest BCUT2D eigenvalue weighted by Crippen LogP contribution is 2.21. The summed E-state index contributed by atoms with van der Waals surface area (Å²) in [6.07, 6.45) is 3.19. The molecule has 0 aliphatic carbocycles. The average molecular weight is 357 g/mol. The Hall–Kier alpha value is -2.67. The average Bonchev–Trinajstić information content (AvgIpc) is 2.66. The van der Waals surface area contributed by atoms with Gasteiger partial charge in [0.2, 0.25) is 0 Å². The number of hydrogen-bond acceptors (Lipinski definition) is 5. The van der Waals surface area contributed by atoms with E-state index in [2.05, 4.69) is 39.3 Å². The second-order valence-electron chi connectivity index (χ2n) is 5.66. The zero-order chi connectivity index (χ0) is 18.8. The number of hydrogen-bond donors (Lipinski definition) is 2. The molecule has 0 unspecified atom stereocenters. The molecular weight excluding hydrogens is 330 g/mol. The van der Waals surface area contributed by atoms with Gasteiger partial charge < -0.3 is 20.3 Å². The molecule has 1 aromatic heterocycles. The number of benzene rings is 1. The minimum Gasteiger partial charge on any atom is -0.494 e. The number of carbonyl (C=O) groups excluding carboxylic acids is 1. The van der Waals surface area contributed by atoms with Gasteiger partial charge in [0.25, 0.3) is 0 Å². The summed E-state index contributed by atoms with van der Waals surface area (Å²) in [5.74, 6) is 1.36. The van der Waals surface area contributed by atoms with E-state index in [1.165, 1.54) is 0 Å². The van der Waals surface area contributed by atoms with Gasteiger partial charge in [0, 0.05) is 18.7 Å². The lowest BCUT2D eigenvalue weighted by Gasteiger charge is -2.18. The molecule has 2 amide bonds. The number of likely N-dealkylation sites (N-methyl/N-ethyl adjacent to an activating group) is 1. The van der Waals surface area contributed by atoms with Crippen LogP contribution >= 0.6 is 0 Å². The van der Waals surface area contributed by atoms with Crippen molar-refractivity contribution in [2.45, 2.75) is 20.8 Å². The van der Waals surface area contributed by atoms with Crippen molar-refractivity contribution in [3.05, 3.63) is 36.7 Å². The summed E-state index contributed by atoms with van der Waals surface area (Å²) in [5, 5.41) is 5.58. The van der Waals surface area contributed by atoms with Crippen molar-refractivity contribution in [2.75, 3.05) is 38.1 Å². The normalized spacial score (nSPS) is 10.6. The summed E-state index contributed by atoms with van der Waals surface area (Å²) in [7, 11) is 0. The molecule has 7 heteroatoms. The highest BCUT2D eigenvalue weighted by molar-refractivity contribution is 5.88. The van der Waals surface area contributed by atoms with E-state index in [-0.39, 0.29) is 6.03 Å². The minimum absolute atomic E-state index is 0.258. The Bertz CT molecular complexity index is 687. The molecule has 0 saturated carbocycles. The van der Waals surface area contributed by atoms with Crippen molar-refractivity contribution in [3.8, 4) is 17.1 Å². The van der Waals surface area contributed by atoms with Crippen LogP contribution in [0.5, 0.6) is 5.75 Å². The summed E-state index contributed by atoms with van der Waals surface area (Å²) in [6, 6.07) is 7.35. The summed E-state index contributed by atoms with van der Waals surface area (Å²) in [5.41, 5.74) is 1.42. The second kappa shape index (κ2) is 10.4. The van der Waals surface area contributed by atoms with E-state index in [0.717, 1.165) is 30.9 Å². The summed E-state index contributed by atoms with van der Waals surface area (Å²) in [4.78, 5) is 22.8. The number of nitrogens with zero attached hydrogens (tertiary/aromatic N) is 3. The van der Waals surface area contributed by atoms with Gasteiger partial charge in [0.1, 0.15) is 5.75 Å². The fraction of sp³-hybridized carbons (Fsp3) is 0.421. The first kappa shape index (κ1) is 19.7. The van der Waals surface area contributed by atoms with Crippen LogP contribution < -0.4 is 15.4 Å². The Morgan fingerprint density at radius 2 is 1.88 bits per heavy atom. The van der Waals surface area contributed by atoms with E-state index < -0.39 is 0 Å². The molecule has 7 nitrogen and oxygen atoms in total. The van der Waals surface area contributed by atoms with Crippen LogP contribution in [0, 0.1) is 0 Å². The number of aromatic nitrogens is 2. The van der Waals surface area contributed by atoms with E-state index in [4.69, 9.17) is 4.74 Å². The van der Waals surface area contributed by atoms with Crippen molar-refractivity contribution >= 4 is 11.7 Å². The lowest BCUT2D eigenvalue weighted by molar-refractivity contribution is 0.248. The van der Waals surface area contributed by atoms with E-state index in [9.17, 15) is 4.79 Å². The van der Waals surface area contributed by atoms with E-state index in [1.807, 2.05) is 31.2 Å². The molecule has 2 aromatic rings. The van der Waals surface area contributed by atoms with Crippen LogP contribution in [0.4, 0.5) is 10.5 Å². The highest BCUT2D eigenvalue weighted by Gasteiger charge is 2.06. The molecular formula is C19H27N5O2. The Balaban J connectivity index is 1.89. The third-order valence-electron chi connectivity index (χ3n) is 3.92. The van der Waals surface area contributed by atoms with Gasteiger partial charge in [-0.05, 0) is 32.1 Å². The van der Waals surface area contributed by atoms with Gasteiger partial charge in [0.05, 0.1) is 24.7 Å². The molecule has 140 valence electrons. The summed E-state index contributed by atoms with van der Waals surface area (Å²) < 4.78 is 5.49. The van der Waals surface area contributed by atoms with Gasteiger partial charge in [-0.1, -0.05) is 26.0 Å². The van der Waals surface area contributed by atoms with Gasteiger partial charge in [-0.15, -0.1) is 0 Å². The molecule has 0 saturated heterocycles. The number of anilines is 1. The van der Waals surface area contributed by atoms with E-state index in [0.29, 0.717) is 24.7 Å². The van der Waals surface area contributed by atoms with Crippen molar-refractivity contribution in [2.24, 2.45) is 0 Å². The number of carbonyl (C=O) groups is 1. The summed E-state index contributed by atoms with van der Waals surface area (Å²) in [6.45, 7) is 10.1. The van der Waals surface area contributed by atoms with E-state index >= 15 is 0 Å². The maximum absolute atomic E-state index is 11.9. The van der Waals surface area contributed by atoms with Gasteiger partial charge in [-0.2, -0.15) is 0 Å². The van der Waals surface area contributed by atoms with Crippen LogP contribution in [0.15, 0.2) is 36.7 Å². The molecule has 1 aromatic carbocycles. The molecule has 0 bridgehead atoms. The lowest BCUT2D eigenvalue weighted by Crippen LogP contribution is -2.36. The number of rotatable bonds is 9. The zero-order valence-electron chi connectivity index (χ0n) is 15.7. The Kier molecular flexibility index (Phi) is 7.82. The molecule has 2 rings (SSSR count). The van der Waals surface area contributed by atoms with Crippen molar-refractivity contribution in [3.63, 3.8) is 0 Å². The molecule has 0 atom stereocenters. The van der Waals surface area contributed by atoms with Crippen LogP contribution in [-0.2, 0) is 0 Å². The number of urea groups is 1. The third-order valence-corrected chi connectivity index (χ3v) is 3.92. The molecule has 0 aliphatic rings. The molecule has 26 heavy (non-hydrogen) atoms. The van der Waals surface area contributed by atoms with Gasteiger partial charge in [-0.25, -0.2) is 14.8 Å². The Morgan fingerprint density at radius 3 is 2.54 bits per heavy atom. The Morgan fingerprint density at radius 1 is 1.15 bits per heavy atom. The second-order valence-corrected chi connectivity index (χ2v) is 5.66. The summed E-state index contributed by atoms with van der Waals surface area (Å²) >= 11 is 0. The zero-order valence-corrected chi connectivity index (χ0v) is 15.7. The van der Waals surface area contributed by atoms with Crippen molar-refractivity contribution in [1.82, 2.24) is 20.2 Å². The first-order chi connectivity index (χ1) is 12.7. The van der Waals surface area contributed by atoms with Crippen LogP contribution in [0.2, 0.25) is 0 Å². The first-order valence-electron chi connectivity index (χ1n) is 8.98. The molecule has 0 radical (unpaired) electrons. The molecule has 0 aliphatic heterocycles. The van der Waals surface area contributed by atoms with Crippen molar-refractivity contribution < 1.29 is 9.53 Å². The van der Waals surface area contributed by atoms with Gasteiger partial charge in [0.15, 0.2) is 5.82 Å². The quantitative estimate of drug-likeness (QED) is 0.721. The highest BCUT2D eigenvalue weighted by atomic mass is 16.5. The van der Waals surface area contributed by atoms with E-state index in [1.54, 1.807) is 12.4 Å². The Labute approximate surface area is 154 Å². The molecule has 0 spiro atoms. The van der Waals surface area contributed by atoms with Crippen LogP contribution in [-0.4, -0.2) is 53.7 Å².